The average molecular weight is 458 g/mol. The molecule has 3 rings (SSSR count). The number of carbonyl (C=O) groups is 3. The number of carbonyl (C=O) groups excluding carboxylic acids is 3. The molecule has 0 fully saturated rings. The van der Waals surface area contributed by atoms with Crippen LogP contribution in [0.3, 0.4) is 0 Å². The topological polar surface area (TPSA) is 113 Å². The van der Waals surface area contributed by atoms with E-state index < -0.39 is 22.0 Å². The molecule has 2 aromatic carbocycles. The molecule has 0 spiro atoms. The summed E-state index contributed by atoms with van der Waals surface area (Å²) in [7, 11) is -3.98. The van der Waals surface area contributed by atoms with E-state index in [1.165, 1.54) is 19.9 Å². The van der Waals surface area contributed by atoms with E-state index >= 15 is 0 Å². The summed E-state index contributed by atoms with van der Waals surface area (Å²) in [6.45, 7) is 6.94. The van der Waals surface area contributed by atoms with Crippen LogP contribution in [0, 0.1) is 5.92 Å². The van der Waals surface area contributed by atoms with Crippen LogP contribution in [0.2, 0.25) is 0 Å². The highest BCUT2D eigenvalue weighted by molar-refractivity contribution is 7.89. The smallest absolute Gasteiger partial charge is 0.242 e. The van der Waals surface area contributed by atoms with Gasteiger partial charge in [-0.05, 0) is 67.3 Å². The maximum Gasteiger partial charge on any atom is 0.242 e. The fourth-order valence-electron chi connectivity index (χ4n) is 3.61. The number of sulfonamides is 1. The Balaban J connectivity index is 1.78. The Morgan fingerprint density at radius 2 is 1.66 bits per heavy atom. The van der Waals surface area contributed by atoms with Crippen molar-refractivity contribution in [3.05, 3.63) is 53.6 Å². The maximum atomic E-state index is 13.0. The minimum absolute atomic E-state index is 0.0471. The molecule has 0 bridgehead atoms. The first-order valence-corrected chi connectivity index (χ1v) is 11.8. The number of ketones is 1. The minimum atomic E-state index is -3.98. The zero-order chi connectivity index (χ0) is 23.6. The minimum Gasteiger partial charge on any atom is -0.325 e. The highest BCUT2D eigenvalue weighted by atomic mass is 32.2. The number of hydrogen-bond donors (Lipinski definition) is 2. The third-order valence-electron chi connectivity index (χ3n) is 5.43. The van der Waals surface area contributed by atoms with Crippen LogP contribution in [0.4, 0.5) is 11.4 Å². The molecule has 1 heterocycles. The third kappa shape index (κ3) is 5.05. The number of nitrogens with zero attached hydrogens (tertiary/aromatic N) is 1. The molecule has 1 aliphatic rings. The van der Waals surface area contributed by atoms with Gasteiger partial charge in [-0.2, -0.15) is 4.72 Å². The van der Waals surface area contributed by atoms with Crippen molar-refractivity contribution < 1.29 is 22.8 Å². The zero-order valence-electron chi connectivity index (χ0n) is 18.5. The normalized spacial score (nSPS) is 14.2. The fraction of sp³-hybridized carbons (Fsp3) is 0.348. The van der Waals surface area contributed by atoms with E-state index in [9.17, 15) is 22.8 Å². The van der Waals surface area contributed by atoms with Gasteiger partial charge in [-0.25, -0.2) is 8.42 Å². The van der Waals surface area contributed by atoms with Gasteiger partial charge in [0.05, 0.1) is 4.90 Å². The lowest BCUT2D eigenvalue weighted by Gasteiger charge is -2.22. The molecule has 0 aliphatic carbocycles. The summed E-state index contributed by atoms with van der Waals surface area (Å²) in [4.78, 5) is 37.6. The fourth-order valence-corrected chi connectivity index (χ4v) is 5.00. The number of rotatable bonds is 7. The Morgan fingerprint density at radius 1 is 1.00 bits per heavy atom. The van der Waals surface area contributed by atoms with Crippen molar-refractivity contribution in [3.8, 4) is 0 Å². The Hall–Kier alpha value is -3.04. The molecule has 2 amide bonds. The lowest BCUT2D eigenvalue weighted by Crippen LogP contribution is -2.47. The first-order valence-electron chi connectivity index (χ1n) is 10.3. The lowest BCUT2D eigenvalue weighted by molar-refractivity contribution is -0.118. The molecule has 2 aromatic rings. The summed E-state index contributed by atoms with van der Waals surface area (Å²) in [6, 6.07) is 10.0. The SMILES string of the molecule is CC(=O)c1ccc(NC(=O)C(NS(=O)(=O)c2ccc3c(c2)CCN3C(C)=O)C(C)C)cc1. The Morgan fingerprint density at radius 3 is 2.22 bits per heavy atom. The highest BCUT2D eigenvalue weighted by Gasteiger charge is 2.30. The second-order valence-electron chi connectivity index (χ2n) is 8.18. The molecule has 0 radical (unpaired) electrons. The van der Waals surface area contributed by atoms with Gasteiger partial charge in [-0.1, -0.05) is 13.8 Å². The predicted molar refractivity (Wildman–Crippen MR) is 122 cm³/mol. The number of fused-ring (bicyclic) bond motifs is 1. The molecule has 1 aliphatic heterocycles. The van der Waals surface area contributed by atoms with Crippen molar-refractivity contribution in [2.75, 3.05) is 16.8 Å². The number of amides is 2. The first kappa shape index (κ1) is 23.6. The van der Waals surface area contributed by atoms with Gasteiger partial charge in [0.25, 0.3) is 0 Å². The van der Waals surface area contributed by atoms with Gasteiger partial charge in [0, 0.05) is 30.4 Å². The van der Waals surface area contributed by atoms with Crippen molar-refractivity contribution >= 4 is 39.0 Å². The van der Waals surface area contributed by atoms with E-state index in [0.717, 1.165) is 5.56 Å². The quantitative estimate of drug-likeness (QED) is 0.621. The molecule has 0 aromatic heterocycles. The number of nitrogens with one attached hydrogen (secondary N) is 2. The first-order chi connectivity index (χ1) is 15.0. The van der Waals surface area contributed by atoms with Gasteiger partial charge in [0.15, 0.2) is 5.78 Å². The Labute approximate surface area is 188 Å². The van der Waals surface area contributed by atoms with E-state index in [-0.39, 0.29) is 22.5 Å². The predicted octanol–water partition coefficient (Wildman–Crippen LogP) is 2.74. The van der Waals surface area contributed by atoms with Crippen molar-refractivity contribution in [1.82, 2.24) is 4.72 Å². The van der Waals surface area contributed by atoms with Crippen LogP contribution in [0.15, 0.2) is 47.4 Å². The van der Waals surface area contributed by atoms with E-state index in [2.05, 4.69) is 10.0 Å². The van der Waals surface area contributed by atoms with Gasteiger partial charge in [-0.3, -0.25) is 14.4 Å². The molecule has 8 nitrogen and oxygen atoms in total. The Kier molecular flexibility index (Phi) is 6.80. The van der Waals surface area contributed by atoms with Crippen molar-refractivity contribution in [2.45, 2.75) is 45.1 Å². The van der Waals surface area contributed by atoms with Crippen LogP contribution in [-0.4, -0.2) is 38.6 Å². The van der Waals surface area contributed by atoms with E-state index in [4.69, 9.17) is 0 Å². The molecule has 9 heteroatoms. The van der Waals surface area contributed by atoms with Crippen LogP contribution in [0.5, 0.6) is 0 Å². The molecular weight excluding hydrogens is 430 g/mol. The summed E-state index contributed by atoms with van der Waals surface area (Å²) in [6.07, 6.45) is 0.572. The average Bonchev–Trinajstić information content (AvgIpc) is 3.16. The van der Waals surface area contributed by atoms with Crippen LogP contribution in [-0.2, 0) is 26.0 Å². The van der Waals surface area contributed by atoms with Gasteiger partial charge in [0.2, 0.25) is 21.8 Å². The van der Waals surface area contributed by atoms with Crippen LogP contribution in [0.1, 0.15) is 43.6 Å². The highest BCUT2D eigenvalue weighted by Crippen LogP contribution is 2.30. The molecule has 0 saturated heterocycles. The van der Waals surface area contributed by atoms with E-state index in [0.29, 0.717) is 29.9 Å². The van der Waals surface area contributed by atoms with Gasteiger partial charge >= 0.3 is 0 Å². The van der Waals surface area contributed by atoms with E-state index in [1.807, 2.05) is 0 Å². The largest absolute Gasteiger partial charge is 0.325 e. The molecule has 1 atom stereocenters. The van der Waals surface area contributed by atoms with Crippen LogP contribution < -0.4 is 14.9 Å². The van der Waals surface area contributed by atoms with Gasteiger partial charge in [-0.15, -0.1) is 0 Å². The summed E-state index contributed by atoms with van der Waals surface area (Å²) in [5.74, 6) is -0.992. The summed E-state index contributed by atoms with van der Waals surface area (Å²) < 4.78 is 28.6. The molecule has 2 N–H and O–H groups in total. The third-order valence-corrected chi connectivity index (χ3v) is 6.87. The lowest BCUT2D eigenvalue weighted by atomic mass is 10.0. The zero-order valence-corrected chi connectivity index (χ0v) is 19.3. The number of Topliss-reactive ketones (excluding diaryl/α,β-unsaturated/α-hetero) is 1. The summed E-state index contributed by atoms with van der Waals surface area (Å²) >= 11 is 0. The molecule has 170 valence electrons. The van der Waals surface area contributed by atoms with Gasteiger partial charge < -0.3 is 10.2 Å². The van der Waals surface area contributed by atoms with E-state index in [1.54, 1.807) is 55.1 Å². The molecular formula is C23H27N3O5S. The monoisotopic (exact) mass is 457 g/mol. The molecule has 1 unspecified atom stereocenters. The number of anilines is 2. The van der Waals surface area contributed by atoms with Gasteiger partial charge in [0.1, 0.15) is 6.04 Å². The second kappa shape index (κ2) is 9.22. The second-order valence-corrected chi connectivity index (χ2v) is 9.89. The summed E-state index contributed by atoms with van der Waals surface area (Å²) in [5.41, 5.74) is 2.47. The Bertz CT molecular complexity index is 1160. The molecule has 32 heavy (non-hydrogen) atoms. The van der Waals surface area contributed by atoms with Crippen LogP contribution >= 0.6 is 0 Å². The summed E-state index contributed by atoms with van der Waals surface area (Å²) in [5, 5.41) is 2.70. The van der Waals surface area contributed by atoms with Crippen molar-refractivity contribution in [2.24, 2.45) is 5.92 Å². The van der Waals surface area contributed by atoms with Crippen LogP contribution in [0.25, 0.3) is 0 Å². The van der Waals surface area contributed by atoms with Crippen molar-refractivity contribution in [1.29, 1.82) is 0 Å². The van der Waals surface area contributed by atoms with Crippen molar-refractivity contribution in [3.63, 3.8) is 0 Å². The standard InChI is InChI=1S/C23H27N3O5S/c1-14(2)22(23(29)24-19-7-5-17(6-8-19)15(3)27)25-32(30,31)20-9-10-21-18(13-20)11-12-26(21)16(4)28/h5-10,13-14,22,25H,11-12H2,1-4H3,(H,24,29). The molecule has 0 saturated carbocycles. The number of hydrogen-bond acceptors (Lipinski definition) is 5. The maximum absolute atomic E-state index is 13.0. The number of benzene rings is 2.